The topological polar surface area (TPSA) is 90.7 Å². The van der Waals surface area contributed by atoms with E-state index < -0.39 is 17.3 Å². The standard InChI is InChI=1S/C17H34N2O4/c1-12(19-15(21)23-17(5,6)7)8-9-13(11-18)10-14(20)22-16(2,3)4/h12-13H,8-11,18H2,1-7H3,(H,19,21)/t12?,13-/m1/s1. The molecule has 136 valence electrons. The molecule has 0 saturated heterocycles. The molecule has 0 spiro atoms. The summed E-state index contributed by atoms with van der Waals surface area (Å²) in [5.74, 6) is -0.187. The summed E-state index contributed by atoms with van der Waals surface area (Å²) in [4.78, 5) is 23.5. The normalized spacial score (nSPS) is 14.8. The Morgan fingerprint density at radius 2 is 1.52 bits per heavy atom. The highest BCUT2D eigenvalue weighted by molar-refractivity contribution is 5.70. The Kier molecular flexibility index (Phi) is 8.59. The zero-order chi connectivity index (χ0) is 18.3. The first-order valence-electron chi connectivity index (χ1n) is 8.24. The molecule has 1 amide bonds. The second-order valence-electron chi connectivity index (χ2n) is 8.02. The van der Waals surface area contributed by atoms with Gasteiger partial charge in [0.05, 0.1) is 0 Å². The minimum Gasteiger partial charge on any atom is -0.460 e. The number of amides is 1. The number of carbonyl (C=O) groups is 2. The number of nitrogens with one attached hydrogen (secondary N) is 1. The highest BCUT2D eigenvalue weighted by Gasteiger charge is 2.21. The Morgan fingerprint density at radius 3 is 1.96 bits per heavy atom. The molecule has 6 nitrogen and oxygen atoms in total. The van der Waals surface area contributed by atoms with E-state index in [1.54, 1.807) is 0 Å². The number of ether oxygens (including phenoxy) is 2. The molecule has 0 aromatic carbocycles. The molecule has 0 saturated carbocycles. The van der Waals surface area contributed by atoms with Crippen LogP contribution in [0.15, 0.2) is 0 Å². The molecule has 2 atom stereocenters. The number of esters is 1. The van der Waals surface area contributed by atoms with Gasteiger partial charge in [-0.1, -0.05) is 0 Å². The lowest BCUT2D eigenvalue weighted by atomic mass is 9.97. The third-order valence-corrected chi connectivity index (χ3v) is 2.98. The molecule has 0 aromatic rings. The fraction of sp³-hybridized carbons (Fsp3) is 0.882. The summed E-state index contributed by atoms with van der Waals surface area (Å²) in [6.45, 7) is 13.3. The summed E-state index contributed by atoms with van der Waals surface area (Å²) in [6.07, 6.45) is 1.34. The molecular weight excluding hydrogens is 296 g/mol. The molecule has 0 aliphatic rings. The maximum absolute atomic E-state index is 11.8. The van der Waals surface area contributed by atoms with Crippen molar-refractivity contribution in [2.45, 2.75) is 85.0 Å². The van der Waals surface area contributed by atoms with Crippen molar-refractivity contribution < 1.29 is 19.1 Å². The van der Waals surface area contributed by atoms with Crippen molar-refractivity contribution in [1.82, 2.24) is 5.32 Å². The Labute approximate surface area is 140 Å². The number of rotatable bonds is 7. The molecule has 0 fully saturated rings. The fourth-order valence-corrected chi connectivity index (χ4v) is 1.99. The first-order valence-corrected chi connectivity index (χ1v) is 8.24. The monoisotopic (exact) mass is 330 g/mol. The van der Waals surface area contributed by atoms with Crippen LogP contribution in [0.5, 0.6) is 0 Å². The second kappa shape index (κ2) is 9.11. The maximum atomic E-state index is 11.8. The van der Waals surface area contributed by atoms with Crippen LogP contribution in [0.1, 0.15) is 67.7 Å². The molecule has 0 radical (unpaired) electrons. The number of hydrogen-bond donors (Lipinski definition) is 2. The van der Waals surface area contributed by atoms with Crippen LogP contribution in [0.2, 0.25) is 0 Å². The lowest BCUT2D eigenvalue weighted by Crippen LogP contribution is -2.38. The molecule has 0 aliphatic heterocycles. The Morgan fingerprint density at radius 1 is 1.00 bits per heavy atom. The fourth-order valence-electron chi connectivity index (χ4n) is 1.99. The molecule has 6 heteroatoms. The van der Waals surface area contributed by atoms with Crippen LogP contribution in [0.25, 0.3) is 0 Å². The van der Waals surface area contributed by atoms with Gasteiger partial charge in [0.15, 0.2) is 0 Å². The summed E-state index contributed by atoms with van der Waals surface area (Å²) in [5, 5.41) is 2.79. The van der Waals surface area contributed by atoms with Gasteiger partial charge in [-0.15, -0.1) is 0 Å². The van der Waals surface area contributed by atoms with Gasteiger partial charge in [0.2, 0.25) is 0 Å². The zero-order valence-electron chi connectivity index (χ0n) is 15.7. The maximum Gasteiger partial charge on any atom is 0.407 e. The van der Waals surface area contributed by atoms with E-state index in [9.17, 15) is 9.59 Å². The van der Waals surface area contributed by atoms with Gasteiger partial charge in [-0.3, -0.25) is 4.79 Å². The van der Waals surface area contributed by atoms with E-state index in [2.05, 4.69) is 5.32 Å². The molecule has 1 unspecified atom stereocenters. The van der Waals surface area contributed by atoms with Gasteiger partial charge in [0.25, 0.3) is 0 Å². The lowest BCUT2D eigenvalue weighted by Gasteiger charge is -2.24. The zero-order valence-corrected chi connectivity index (χ0v) is 15.7. The molecule has 0 bridgehead atoms. The van der Waals surface area contributed by atoms with Crippen LogP contribution in [-0.2, 0) is 14.3 Å². The lowest BCUT2D eigenvalue weighted by molar-refractivity contribution is -0.156. The molecule has 0 aromatic heterocycles. The van der Waals surface area contributed by atoms with Crippen LogP contribution < -0.4 is 11.1 Å². The molecule has 0 heterocycles. The van der Waals surface area contributed by atoms with Crippen LogP contribution in [-0.4, -0.2) is 35.9 Å². The largest absolute Gasteiger partial charge is 0.460 e. The number of alkyl carbamates (subject to hydrolysis) is 1. The van der Waals surface area contributed by atoms with Gasteiger partial charge in [-0.25, -0.2) is 4.79 Å². The summed E-state index contributed by atoms with van der Waals surface area (Å²) in [7, 11) is 0. The van der Waals surface area contributed by atoms with Crippen molar-refractivity contribution in [3.05, 3.63) is 0 Å². The van der Waals surface area contributed by atoms with Crippen molar-refractivity contribution in [1.29, 1.82) is 0 Å². The van der Waals surface area contributed by atoms with Gasteiger partial charge in [0.1, 0.15) is 11.2 Å². The van der Waals surface area contributed by atoms with Gasteiger partial charge >= 0.3 is 12.1 Å². The van der Waals surface area contributed by atoms with Crippen molar-refractivity contribution in [3.8, 4) is 0 Å². The Balaban J connectivity index is 4.20. The number of carbonyl (C=O) groups excluding carboxylic acids is 2. The molecule has 0 rings (SSSR count). The Hall–Kier alpha value is -1.30. The predicted molar refractivity (Wildman–Crippen MR) is 91.1 cm³/mol. The molecule has 3 N–H and O–H groups in total. The van der Waals surface area contributed by atoms with Crippen LogP contribution in [0.3, 0.4) is 0 Å². The summed E-state index contributed by atoms with van der Waals surface area (Å²) in [5.41, 5.74) is 4.74. The van der Waals surface area contributed by atoms with E-state index in [0.29, 0.717) is 13.0 Å². The van der Waals surface area contributed by atoms with Gasteiger partial charge < -0.3 is 20.5 Å². The number of nitrogens with two attached hydrogens (primary N) is 1. The van der Waals surface area contributed by atoms with E-state index in [1.807, 2.05) is 48.5 Å². The average Bonchev–Trinajstić information content (AvgIpc) is 2.29. The van der Waals surface area contributed by atoms with Crippen molar-refractivity contribution in [2.24, 2.45) is 11.7 Å². The predicted octanol–water partition coefficient (Wildman–Crippen LogP) is 2.99. The van der Waals surface area contributed by atoms with Gasteiger partial charge in [-0.2, -0.15) is 0 Å². The third-order valence-electron chi connectivity index (χ3n) is 2.98. The summed E-state index contributed by atoms with van der Waals surface area (Å²) in [6, 6.07) is -0.0439. The quantitative estimate of drug-likeness (QED) is 0.700. The van der Waals surface area contributed by atoms with Crippen LogP contribution in [0.4, 0.5) is 4.79 Å². The van der Waals surface area contributed by atoms with E-state index in [0.717, 1.165) is 12.8 Å². The molecule has 23 heavy (non-hydrogen) atoms. The summed E-state index contributed by atoms with van der Waals surface area (Å²) < 4.78 is 10.5. The Bertz CT molecular complexity index is 383. The van der Waals surface area contributed by atoms with E-state index in [4.69, 9.17) is 15.2 Å². The van der Waals surface area contributed by atoms with E-state index >= 15 is 0 Å². The summed E-state index contributed by atoms with van der Waals surface area (Å²) >= 11 is 0. The minimum atomic E-state index is -0.514. The van der Waals surface area contributed by atoms with Crippen molar-refractivity contribution in [2.75, 3.05) is 6.54 Å². The van der Waals surface area contributed by atoms with E-state index in [1.165, 1.54) is 0 Å². The van der Waals surface area contributed by atoms with Gasteiger partial charge in [-0.05, 0) is 73.8 Å². The number of hydrogen-bond acceptors (Lipinski definition) is 5. The SMILES string of the molecule is CC(CC[C@@H](CN)CC(=O)OC(C)(C)C)NC(=O)OC(C)(C)C. The first-order chi connectivity index (χ1) is 10.3. The first kappa shape index (κ1) is 21.7. The third kappa shape index (κ3) is 12.9. The molecule has 0 aliphatic carbocycles. The minimum absolute atomic E-state index is 0.0439. The van der Waals surface area contributed by atoms with E-state index in [-0.39, 0.29) is 17.9 Å². The molecular formula is C17H34N2O4. The highest BCUT2D eigenvalue weighted by Crippen LogP contribution is 2.16. The highest BCUT2D eigenvalue weighted by atomic mass is 16.6. The van der Waals surface area contributed by atoms with Crippen molar-refractivity contribution in [3.63, 3.8) is 0 Å². The van der Waals surface area contributed by atoms with Crippen LogP contribution in [0, 0.1) is 5.92 Å². The smallest absolute Gasteiger partial charge is 0.407 e. The second-order valence-corrected chi connectivity index (χ2v) is 8.02. The van der Waals surface area contributed by atoms with Crippen LogP contribution >= 0.6 is 0 Å². The van der Waals surface area contributed by atoms with Gasteiger partial charge in [0, 0.05) is 12.5 Å². The van der Waals surface area contributed by atoms with Crippen molar-refractivity contribution >= 4 is 12.1 Å². The average molecular weight is 330 g/mol.